The minimum absolute atomic E-state index is 0.195. The van der Waals surface area contributed by atoms with Gasteiger partial charge in [0.15, 0.2) is 0 Å². The van der Waals surface area contributed by atoms with E-state index in [-0.39, 0.29) is 5.82 Å². The first-order valence-electron chi connectivity index (χ1n) is 7.64. The Morgan fingerprint density at radius 3 is 2.36 bits per heavy atom. The van der Waals surface area contributed by atoms with Gasteiger partial charge in [-0.2, -0.15) is 5.26 Å². The summed E-state index contributed by atoms with van der Waals surface area (Å²) in [4.78, 5) is 4.37. The Morgan fingerprint density at radius 1 is 0.960 bits per heavy atom. The molecule has 0 saturated carbocycles. The van der Waals surface area contributed by atoms with E-state index in [4.69, 9.17) is 28.9 Å². The van der Waals surface area contributed by atoms with Gasteiger partial charge in [-0.15, -0.1) is 0 Å². The topological polar surface area (TPSA) is 62.7 Å². The summed E-state index contributed by atoms with van der Waals surface area (Å²) in [7, 11) is 0. The Bertz CT molecular complexity index is 1020. The molecule has 0 fully saturated rings. The van der Waals surface area contributed by atoms with Crippen LogP contribution in [0.25, 0.3) is 22.4 Å². The van der Waals surface area contributed by atoms with Crippen molar-refractivity contribution in [2.24, 2.45) is 0 Å². The summed E-state index contributed by atoms with van der Waals surface area (Å²) < 4.78 is 0. The van der Waals surface area contributed by atoms with E-state index in [0.717, 1.165) is 27.8 Å². The van der Waals surface area contributed by atoms with Crippen molar-refractivity contribution in [1.29, 1.82) is 5.26 Å². The lowest BCUT2D eigenvalue weighted by Crippen LogP contribution is -2.00. The van der Waals surface area contributed by atoms with Crippen molar-refractivity contribution < 1.29 is 0 Å². The highest BCUT2D eigenvalue weighted by Gasteiger charge is 2.15. The van der Waals surface area contributed by atoms with Crippen LogP contribution in [0, 0.1) is 25.2 Å². The second-order valence-electron chi connectivity index (χ2n) is 5.87. The molecule has 0 amide bonds. The van der Waals surface area contributed by atoms with E-state index in [2.05, 4.69) is 17.1 Å². The fraction of sp³-hybridized carbons (Fsp3) is 0.100. The molecule has 3 rings (SSSR count). The van der Waals surface area contributed by atoms with E-state index in [1.54, 1.807) is 12.1 Å². The van der Waals surface area contributed by atoms with Crippen LogP contribution in [0.4, 0.5) is 5.82 Å². The fourth-order valence-electron chi connectivity index (χ4n) is 2.81. The van der Waals surface area contributed by atoms with Crippen LogP contribution in [0.3, 0.4) is 0 Å². The van der Waals surface area contributed by atoms with Crippen LogP contribution in [-0.2, 0) is 0 Å². The van der Waals surface area contributed by atoms with E-state index in [1.807, 2.05) is 38.1 Å². The third-order valence-electron chi connectivity index (χ3n) is 4.05. The van der Waals surface area contributed by atoms with Crippen molar-refractivity contribution in [1.82, 2.24) is 4.98 Å². The SMILES string of the molecule is Cc1ccc(-c2cc(-c3ccc(Cl)c(Cl)c3)nc(N)c2C#N)c(C)c1. The number of aromatic nitrogens is 1. The van der Waals surface area contributed by atoms with Crippen molar-refractivity contribution in [2.75, 3.05) is 5.73 Å². The molecule has 0 radical (unpaired) electrons. The van der Waals surface area contributed by atoms with Crippen LogP contribution in [0.15, 0.2) is 42.5 Å². The Kier molecular flexibility index (Phi) is 4.67. The summed E-state index contributed by atoms with van der Waals surface area (Å²) in [5.41, 5.74) is 11.8. The second-order valence-corrected chi connectivity index (χ2v) is 6.69. The summed E-state index contributed by atoms with van der Waals surface area (Å²) in [6.45, 7) is 4.04. The van der Waals surface area contributed by atoms with E-state index >= 15 is 0 Å². The average molecular weight is 368 g/mol. The maximum atomic E-state index is 9.54. The molecule has 3 nitrogen and oxygen atoms in total. The molecule has 0 aliphatic heterocycles. The number of aryl methyl sites for hydroxylation is 2. The molecule has 1 aromatic heterocycles. The van der Waals surface area contributed by atoms with Gasteiger partial charge in [-0.05, 0) is 43.2 Å². The summed E-state index contributed by atoms with van der Waals surface area (Å²) in [6, 6.07) is 15.4. The minimum Gasteiger partial charge on any atom is -0.383 e. The molecule has 25 heavy (non-hydrogen) atoms. The first-order valence-corrected chi connectivity index (χ1v) is 8.40. The Hall–Kier alpha value is -2.54. The number of nitriles is 1. The highest BCUT2D eigenvalue weighted by atomic mass is 35.5. The Balaban J connectivity index is 2.26. The molecule has 3 aromatic rings. The zero-order chi connectivity index (χ0) is 18.1. The monoisotopic (exact) mass is 367 g/mol. The predicted molar refractivity (Wildman–Crippen MR) is 104 cm³/mol. The molecule has 1 heterocycles. The van der Waals surface area contributed by atoms with Crippen molar-refractivity contribution in [2.45, 2.75) is 13.8 Å². The molecule has 0 aliphatic carbocycles. The number of nitrogen functional groups attached to an aromatic ring is 1. The van der Waals surface area contributed by atoms with Crippen LogP contribution in [0.5, 0.6) is 0 Å². The van der Waals surface area contributed by atoms with Gasteiger partial charge in [0.05, 0.1) is 15.7 Å². The second kappa shape index (κ2) is 6.76. The van der Waals surface area contributed by atoms with E-state index in [9.17, 15) is 5.26 Å². The first kappa shape index (κ1) is 17.3. The van der Waals surface area contributed by atoms with E-state index < -0.39 is 0 Å². The smallest absolute Gasteiger partial charge is 0.142 e. The number of rotatable bonds is 2. The third kappa shape index (κ3) is 3.32. The molecule has 0 spiro atoms. The number of hydrogen-bond acceptors (Lipinski definition) is 3. The molecule has 0 saturated heterocycles. The van der Waals surface area contributed by atoms with Gasteiger partial charge in [0, 0.05) is 11.1 Å². The molecule has 124 valence electrons. The zero-order valence-corrected chi connectivity index (χ0v) is 15.3. The Morgan fingerprint density at radius 2 is 1.72 bits per heavy atom. The minimum atomic E-state index is 0.195. The van der Waals surface area contributed by atoms with Gasteiger partial charge in [-0.3, -0.25) is 0 Å². The fourth-order valence-corrected chi connectivity index (χ4v) is 3.11. The Labute approximate surface area is 156 Å². The highest BCUT2D eigenvalue weighted by molar-refractivity contribution is 6.42. The van der Waals surface area contributed by atoms with Crippen LogP contribution < -0.4 is 5.73 Å². The summed E-state index contributed by atoms with van der Waals surface area (Å²) in [5, 5.41) is 10.5. The number of benzene rings is 2. The number of anilines is 1. The van der Waals surface area contributed by atoms with Gasteiger partial charge in [0.1, 0.15) is 17.5 Å². The van der Waals surface area contributed by atoms with Crippen molar-refractivity contribution in [3.8, 4) is 28.5 Å². The van der Waals surface area contributed by atoms with Gasteiger partial charge < -0.3 is 5.73 Å². The predicted octanol–water partition coefficient (Wildman–Crippen LogP) is 5.79. The van der Waals surface area contributed by atoms with Gasteiger partial charge in [-0.25, -0.2) is 4.98 Å². The number of halogens is 2. The molecule has 0 aliphatic rings. The van der Waals surface area contributed by atoms with E-state index in [1.165, 1.54) is 0 Å². The highest BCUT2D eigenvalue weighted by Crippen LogP contribution is 2.34. The van der Waals surface area contributed by atoms with Crippen LogP contribution >= 0.6 is 23.2 Å². The van der Waals surface area contributed by atoms with Gasteiger partial charge >= 0.3 is 0 Å². The summed E-state index contributed by atoms with van der Waals surface area (Å²) in [6.07, 6.45) is 0. The largest absolute Gasteiger partial charge is 0.383 e. The molecule has 0 unspecified atom stereocenters. The lowest BCUT2D eigenvalue weighted by molar-refractivity contribution is 1.30. The lowest BCUT2D eigenvalue weighted by atomic mass is 9.94. The summed E-state index contributed by atoms with van der Waals surface area (Å²) in [5.74, 6) is 0.195. The van der Waals surface area contributed by atoms with Gasteiger partial charge in [0.2, 0.25) is 0 Å². The normalized spacial score (nSPS) is 10.5. The number of pyridine rings is 1. The molecular formula is C20H15Cl2N3. The number of nitrogens with zero attached hydrogens (tertiary/aromatic N) is 2. The van der Waals surface area contributed by atoms with Crippen molar-refractivity contribution in [3.63, 3.8) is 0 Å². The third-order valence-corrected chi connectivity index (χ3v) is 4.79. The van der Waals surface area contributed by atoms with Crippen LogP contribution in [0.1, 0.15) is 16.7 Å². The van der Waals surface area contributed by atoms with Crippen molar-refractivity contribution in [3.05, 3.63) is 69.2 Å². The van der Waals surface area contributed by atoms with Crippen molar-refractivity contribution >= 4 is 29.0 Å². The standard InChI is InChI=1S/C20H15Cl2N3/c1-11-3-5-14(12(2)7-11)15-9-19(25-20(24)16(15)10-23)13-4-6-17(21)18(22)8-13/h3-9H,1-2H3,(H2,24,25). The molecular weight excluding hydrogens is 353 g/mol. The number of nitrogens with two attached hydrogens (primary N) is 1. The van der Waals surface area contributed by atoms with Gasteiger partial charge in [-0.1, -0.05) is 53.0 Å². The molecule has 5 heteroatoms. The average Bonchev–Trinajstić information content (AvgIpc) is 2.56. The molecule has 0 bridgehead atoms. The first-order chi connectivity index (χ1) is 11.9. The maximum Gasteiger partial charge on any atom is 0.142 e. The van der Waals surface area contributed by atoms with Crippen LogP contribution in [0.2, 0.25) is 10.0 Å². The van der Waals surface area contributed by atoms with E-state index in [0.29, 0.717) is 21.3 Å². The molecule has 0 atom stereocenters. The molecule has 2 N–H and O–H groups in total. The summed E-state index contributed by atoms with van der Waals surface area (Å²) >= 11 is 12.1. The zero-order valence-electron chi connectivity index (χ0n) is 13.8. The lowest BCUT2D eigenvalue weighted by Gasteiger charge is -2.13. The number of hydrogen-bond donors (Lipinski definition) is 1. The quantitative estimate of drug-likeness (QED) is 0.622. The molecule has 2 aromatic carbocycles. The van der Waals surface area contributed by atoms with Crippen LogP contribution in [-0.4, -0.2) is 4.98 Å². The van der Waals surface area contributed by atoms with Gasteiger partial charge in [0.25, 0.3) is 0 Å². The maximum absolute atomic E-state index is 9.54.